The summed E-state index contributed by atoms with van der Waals surface area (Å²) in [6.45, 7) is 3.70. The Morgan fingerprint density at radius 2 is 1.89 bits per heavy atom. The van der Waals surface area contributed by atoms with Gasteiger partial charge in [0.05, 0.1) is 16.9 Å². The van der Waals surface area contributed by atoms with Gasteiger partial charge in [0.25, 0.3) is 11.5 Å². The topological polar surface area (TPSA) is 69.6 Å². The number of alkyl halides is 2. The maximum atomic E-state index is 15.4. The summed E-state index contributed by atoms with van der Waals surface area (Å²) in [5.74, 6) is -1.04. The lowest BCUT2D eigenvalue weighted by Gasteiger charge is -2.44. The summed E-state index contributed by atoms with van der Waals surface area (Å²) in [5.41, 5.74) is 1.17. The molecule has 0 unspecified atom stereocenters. The molecule has 1 fully saturated rings. The highest BCUT2D eigenvalue weighted by Gasteiger charge is 2.29. The van der Waals surface area contributed by atoms with Crippen LogP contribution in [0, 0.1) is 5.82 Å². The molecule has 1 aromatic carbocycles. The summed E-state index contributed by atoms with van der Waals surface area (Å²) in [6.07, 6.45) is 3.40. The lowest BCUT2D eigenvalue weighted by Crippen LogP contribution is -2.55. The number of nitrogens with one attached hydrogen (secondary N) is 2. The third kappa shape index (κ3) is 5.28. The summed E-state index contributed by atoms with van der Waals surface area (Å²) in [4.78, 5) is 29.0. The molecule has 2 aliphatic rings. The molecule has 7 nitrogen and oxygen atoms in total. The lowest BCUT2D eigenvalue weighted by molar-refractivity contribution is 0.0660. The molecule has 3 heterocycles. The van der Waals surface area contributed by atoms with Gasteiger partial charge < -0.3 is 15.5 Å². The molecule has 1 aromatic heterocycles. The van der Waals surface area contributed by atoms with E-state index in [1.807, 2.05) is 18.0 Å². The lowest BCUT2D eigenvalue weighted by atomic mass is 9.97. The van der Waals surface area contributed by atoms with E-state index >= 15 is 4.39 Å². The number of anilines is 2. The van der Waals surface area contributed by atoms with Gasteiger partial charge in [-0.1, -0.05) is 6.08 Å². The van der Waals surface area contributed by atoms with Gasteiger partial charge in [-0.2, -0.15) is 8.78 Å². The molecule has 35 heavy (non-hydrogen) atoms. The maximum Gasteiger partial charge on any atom is 0.321 e. The van der Waals surface area contributed by atoms with Crippen LogP contribution in [-0.4, -0.2) is 60.7 Å². The van der Waals surface area contributed by atoms with Crippen molar-refractivity contribution in [1.29, 1.82) is 0 Å². The van der Waals surface area contributed by atoms with Crippen molar-refractivity contribution < 1.29 is 18.0 Å². The molecule has 10 heteroatoms. The predicted molar refractivity (Wildman–Crippen MR) is 131 cm³/mol. The van der Waals surface area contributed by atoms with Crippen molar-refractivity contribution >= 4 is 22.9 Å². The number of pyridine rings is 1. The van der Waals surface area contributed by atoms with E-state index < -0.39 is 18.0 Å². The number of aromatic nitrogens is 1. The highest BCUT2D eigenvalue weighted by molar-refractivity contribution is 6.06. The molecule has 2 atom stereocenters. The Morgan fingerprint density at radius 3 is 2.51 bits per heavy atom. The number of rotatable bonds is 5. The Morgan fingerprint density at radius 1 is 1.17 bits per heavy atom. The molecule has 1 saturated heterocycles. The number of carbonyl (C=O) groups excluding carboxylic acids is 1. The van der Waals surface area contributed by atoms with E-state index in [2.05, 4.69) is 29.4 Å². The van der Waals surface area contributed by atoms with Crippen molar-refractivity contribution in [3.05, 3.63) is 63.8 Å². The number of benzene rings is 1. The molecule has 2 N–H and O–H groups in total. The number of nitrogens with zero attached hydrogens (tertiary/aromatic N) is 3. The Bertz CT molecular complexity index is 1180. The largest absolute Gasteiger partial charge is 0.367 e. The number of hydrogen-bond acceptors (Lipinski definition) is 5. The fourth-order valence-corrected chi connectivity index (χ4v) is 4.62. The highest BCUT2D eigenvalue weighted by Crippen LogP contribution is 2.35. The van der Waals surface area contributed by atoms with Crippen LogP contribution in [0.3, 0.4) is 0 Å². The van der Waals surface area contributed by atoms with Crippen molar-refractivity contribution in [1.82, 2.24) is 14.8 Å². The molecule has 2 aliphatic heterocycles. The zero-order chi connectivity index (χ0) is 25.3. The maximum absolute atomic E-state index is 15.4. The van der Waals surface area contributed by atoms with Crippen LogP contribution in [0.4, 0.5) is 24.5 Å². The normalized spacial score (nSPS) is 21.2. The minimum atomic E-state index is -3.07. The van der Waals surface area contributed by atoms with Crippen molar-refractivity contribution in [2.75, 3.05) is 43.4 Å². The van der Waals surface area contributed by atoms with E-state index in [1.165, 1.54) is 12.1 Å². The van der Waals surface area contributed by atoms with Gasteiger partial charge in [-0.3, -0.25) is 19.1 Å². The molecular weight excluding hydrogens is 459 g/mol. The van der Waals surface area contributed by atoms with E-state index in [9.17, 15) is 18.4 Å². The number of piperazine rings is 1. The van der Waals surface area contributed by atoms with Gasteiger partial charge in [-0.25, -0.2) is 4.39 Å². The minimum Gasteiger partial charge on any atom is -0.367 e. The van der Waals surface area contributed by atoms with E-state index in [0.717, 1.165) is 24.4 Å². The zero-order valence-electron chi connectivity index (χ0n) is 20.0. The fraction of sp³-hybridized carbons (Fsp3) is 0.440. The summed E-state index contributed by atoms with van der Waals surface area (Å²) in [7, 11) is 2.04. The van der Waals surface area contributed by atoms with Crippen LogP contribution in [0.25, 0.3) is 5.57 Å². The summed E-state index contributed by atoms with van der Waals surface area (Å²) < 4.78 is 41.9. The van der Waals surface area contributed by atoms with Gasteiger partial charge in [0, 0.05) is 49.5 Å². The molecule has 188 valence electrons. The monoisotopic (exact) mass is 489 g/mol. The molecule has 0 radical (unpaired) electrons. The Balaban J connectivity index is 1.74. The quantitative estimate of drug-likeness (QED) is 0.673. The van der Waals surface area contributed by atoms with Crippen LogP contribution >= 0.6 is 0 Å². The molecule has 0 aliphatic carbocycles. The van der Waals surface area contributed by atoms with Crippen molar-refractivity contribution in [3.8, 4) is 0 Å². The summed E-state index contributed by atoms with van der Waals surface area (Å²) in [5, 5.41) is 5.99. The molecule has 0 bridgehead atoms. The van der Waals surface area contributed by atoms with Gasteiger partial charge >= 0.3 is 6.55 Å². The SMILES string of the molecule is C[C@@H]1CN(c2cc(F)c(C3=CCNCC3)cc2NC(=O)c2ccc(=O)n(C(F)F)c2)C[C@H](C)N1C. The number of amides is 1. The first-order valence-corrected chi connectivity index (χ1v) is 11.7. The smallest absolute Gasteiger partial charge is 0.321 e. The summed E-state index contributed by atoms with van der Waals surface area (Å²) in [6, 6.07) is 5.60. The average molecular weight is 490 g/mol. The first-order valence-electron chi connectivity index (χ1n) is 11.7. The van der Waals surface area contributed by atoms with Crippen LogP contribution in [0.2, 0.25) is 0 Å². The third-order valence-electron chi connectivity index (χ3n) is 6.85. The van der Waals surface area contributed by atoms with Crippen LogP contribution in [0.1, 0.15) is 42.7 Å². The van der Waals surface area contributed by atoms with Crippen LogP contribution in [-0.2, 0) is 0 Å². The van der Waals surface area contributed by atoms with Crippen molar-refractivity contribution in [2.24, 2.45) is 0 Å². The molecule has 1 amide bonds. The second kappa shape index (κ2) is 10.2. The average Bonchev–Trinajstić information content (AvgIpc) is 2.83. The van der Waals surface area contributed by atoms with Gasteiger partial charge in [0.2, 0.25) is 0 Å². The van der Waals surface area contributed by atoms with Gasteiger partial charge in [0.15, 0.2) is 0 Å². The standard InChI is InChI=1S/C25H30F3N5O2/c1-15-12-32(13-16(2)31(15)3)22-11-20(26)19(17-6-8-29-9-7-17)10-21(22)30-24(35)18-4-5-23(34)33(14-18)25(27)28/h4-6,10-11,14-16,25,29H,7-9,12-13H2,1-3H3,(H,30,35)/t15-,16+. The molecular formula is C25H30F3N5O2. The first-order chi connectivity index (χ1) is 16.7. The summed E-state index contributed by atoms with van der Waals surface area (Å²) >= 11 is 0. The van der Waals surface area contributed by atoms with Crippen LogP contribution < -0.4 is 21.1 Å². The number of hydrogen-bond donors (Lipinski definition) is 2. The van der Waals surface area contributed by atoms with Gasteiger partial charge in [-0.05, 0) is 57.6 Å². The highest BCUT2D eigenvalue weighted by atomic mass is 19.3. The molecule has 4 rings (SSSR count). The second-order valence-electron chi connectivity index (χ2n) is 9.20. The predicted octanol–water partition coefficient (Wildman–Crippen LogP) is 3.54. The first kappa shape index (κ1) is 25.0. The zero-order valence-corrected chi connectivity index (χ0v) is 20.0. The minimum absolute atomic E-state index is 0.0945. The second-order valence-corrected chi connectivity index (χ2v) is 9.20. The fourth-order valence-electron chi connectivity index (χ4n) is 4.62. The van der Waals surface area contributed by atoms with Gasteiger partial charge in [-0.15, -0.1) is 0 Å². The molecule has 2 aromatic rings. The Hall–Kier alpha value is -3.11. The van der Waals surface area contributed by atoms with E-state index in [1.54, 1.807) is 6.07 Å². The third-order valence-corrected chi connectivity index (χ3v) is 6.85. The van der Waals surface area contributed by atoms with Crippen LogP contribution in [0.5, 0.6) is 0 Å². The molecule has 0 saturated carbocycles. The Labute approximate surface area is 202 Å². The van der Waals surface area contributed by atoms with E-state index in [0.29, 0.717) is 43.0 Å². The van der Waals surface area contributed by atoms with Gasteiger partial charge in [0.1, 0.15) is 5.82 Å². The van der Waals surface area contributed by atoms with E-state index in [4.69, 9.17) is 0 Å². The molecule has 0 spiro atoms. The van der Waals surface area contributed by atoms with Crippen LogP contribution in [0.15, 0.2) is 41.3 Å². The van der Waals surface area contributed by atoms with E-state index in [-0.39, 0.29) is 28.0 Å². The number of likely N-dealkylation sites (N-methyl/N-ethyl adjacent to an activating group) is 1. The number of halogens is 3. The van der Waals surface area contributed by atoms with Crippen molar-refractivity contribution in [3.63, 3.8) is 0 Å². The number of carbonyl (C=O) groups is 1. The van der Waals surface area contributed by atoms with Crippen molar-refractivity contribution in [2.45, 2.75) is 38.9 Å². The Kier molecular flexibility index (Phi) is 7.32.